The maximum atomic E-state index is 6.10. The second-order valence-electron chi connectivity index (χ2n) is 4.45. The van der Waals surface area contributed by atoms with Gasteiger partial charge in [-0.3, -0.25) is 0 Å². The van der Waals surface area contributed by atoms with Gasteiger partial charge >= 0.3 is 0 Å². The Bertz CT molecular complexity index is 511. The summed E-state index contributed by atoms with van der Waals surface area (Å²) in [7, 11) is 0. The fourth-order valence-electron chi connectivity index (χ4n) is 2.11. The molecule has 1 nitrogen and oxygen atoms in total. The van der Waals surface area contributed by atoms with Crippen LogP contribution >= 0.6 is 34.5 Å². The van der Waals surface area contributed by atoms with Gasteiger partial charge in [0.1, 0.15) is 0 Å². The van der Waals surface area contributed by atoms with E-state index in [4.69, 9.17) is 23.2 Å². The SMILES string of the molecule is CCNC(CCc1ccsc1)c1ccc(Cl)c(Cl)c1. The van der Waals surface area contributed by atoms with Gasteiger partial charge in [0.05, 0.1) is 10.0 Å². The Labute approximate surface area is 128 Å². The summed E-state index contributed by atoms with van der Waals surface area (Å²) in [5, 5.41) is 9.07. The van der Waals surface area contributed by atoms with Crippen LogP contribution in [-0.4, -0.2) is 6.54 Å². The minimum absolute atomic E-state index is 0.319. The predicted octanol–water partition coefficient (Wildman–Crippen LogP) is 5.34. The van der Waals surface area contributed by atoms with E-state index in [0.717, 1.165) is 19.4 Å². The van der Waals surface area contributed by atoms with Crippen molar-refractivity contribution in [1.82, 2.24) is 5.32 Å². The van der Waals surface area contributed by atoms with Crippen LogP contribution < -0.4 is 5.32 Å². The lowest BCUT2D eigenvalue weighted by Gasteiger charge is -2.18. The van der Waals surface area contributed by atoms with E-state index in [1.807, 2.05) is 12.1 Å². The first-order valence-electron chi connectivity index (χ1n) is 6.40. The Balaban J connectivity index is 2.07. The molecule has 1 aromatic carbocycles. The summed E-state index contributed by atoms with van der Waals surface area (Å²) in [4.78, 5) is 0. The van der Waals surface area contributed by atoms with Crippen LogP contribution in [-0.2, 0) is 6.42 Å². The Morgan fingerprint density at radius 3 is 2.68 bits per heavy atom. The van der Waals surface area contributed by atoms with Gasteiger partial charge < -0.3 is 5.32 Å². The highest BCUT2D eigenvalue weighted by Crippen LogP contribution is 2.27. The molecule has 0 spiro atoms. The third kappa shape index (κ3) is 4.22. The molecule has 0 radical (unpaired) electrons. The highest BCUT2D eigenvalue weighted by molar-refractivity contribution is 7.07. The van der Waals surface area contributed by atoms with Crippen molar-refractivity contribution in [3.63, 3.8) is 0 Å². The largest absolute Gasteiger partial charge is 0.310 e. The lowest BCUT2D eigenvalue weighted by Crippen LogP contribution is -2.21. The first kappa shape index (κ1) is 14.9. The number of hydrogen-bond donors (Lipinski definition) is 1. The van der Waals surface area contributed by atoms with Crippen molar-refractivity contribution in [3.05, 3.63) is 56.2 Å². The zero-order valence-electron chi connectivity index (χ0n) is 10.8. The van der Waals surface area contributed by atoms with Gasteiger partial charge in [-0.25, -0.2) is 0 Å². The van der Waals surface area contributed by atoms with Crippen molar-refractivity contribution in [2.45, 2.75) is 25.8 Å². The Kier molecular flexibility index (Phi) is 5.71. The molecule has 0 aliphatic rings. The number of thiophene rings is 1. The van der Waals surface area contributed by atoms with Gasteiger partial charge in [0.25, 0.3) is 0 Å². The molecule has 0 saturated carbocycles. The van der Waals surface area contributed by atoms with Crippen LogP contribution in [0.3, 0.4) is 0 Å². The van der Waals surface area contributed by atoms with E-state index in [0.29, 0.717) is 16.1 Å². The highest BCUT2D eigenvalue weighted by atomic mass is 35.5. The van der Waals surface area contributed by atoms with Crippen LogP contribution in [0, 0.1) is 0 Å². The number of rotatable bonds is 6. The lowest BCUT2D eigenvalue weighted by molar-refractivity contribution is 0.516. The molecule has 1 aromatic heterocycles. The standard InChI is InChI=1S/C15H17Cl2NS/c1-2-18-15(6-3-11-7-8-19-10-11)12-4-5-13(16)14(17)9-12/h4-5,7-10,15,18H,2-3,6H2,1H3. The summed E-state index contributed by atoms with van der Waals surface area (Å²) in [6, 6.07) is 8.39. The quantitative estimate of drug-likeness (QED) is 0.759. The lowest BCUT2D eigenvalue weighted by atomic mass is 10.00. The second-order valence-corrected chi connectivity index (χ2v) is 6.05. The number of nitrogens with one attached hydrogen (secondary N) is 1. The maximum absolute atomic E-state index is 6.10. The molecule has 0 fully saturated rings. The molecule has 2 aromatic rings. The molecule has 19 heavy (non-hydrogen) atoms. The van der Waals surface area contributed by atoms with Crippen LogP contribution in [0.1, 0.15) is 30.5 Å². The molecule has 102 valence electrons. The van der Waals surface area contributed by atoms with E-state index in [2.05, 4.69) is 35.1 Å². The number of hydrogen-bond acceptors (Lipinski definition) is 2. The van der Waals surface area contributed by atoms with Crippen molar-refractivity contribution in [3.8, 4) is 0 Å². The Morgan fingerprint density at radius 2 is 2.05 bits per heavy atom. The van der Waals surface area contributed by atoms with Gasteiger partial charge in [-0.05, 0) is 59.5 Å². The summed E-state index contributed by atoms with van der Waals surface area (Å²) < 4.78 is 0. The molecule has 1 atom stereocenters. The zero-order chi connectivity index (χ0) is 13.7. The van der Waals surface area contributed by atoms with Gasteiger partial charge in [-0.15, -0.1) is 0 Å². The smallest absolute Gasteiger partial charge is 0.0595 e. The molecule has 0 bridgehead atoms. The van der Waals surface area contributed by atoms with Gasteiger partial charge in [0.2, 0.25) is 0 Å². The molecule has 0 aliphatic carbocycles. The van der Waals surface area contributed by atoms with Crippen LogP contribution in [0.4, 0.5) is 0 Å². The summed E-state index contributed by atoms with van der Waals surface area (Å²) in [5.41, 5.74) is 2.60. The molecule has 1 unspecified atom stereocenters. The van der Waals surface area contributed by atoms with Crippen molar-refractivity contribution < 1.29 is 0 Å². The molecular formula is C15H17Cl2NS. The van der Waals surface area contributed by atoms with Crippen LogP contribution in [0.2, 0.25) is 10.0 Å². The third-order valence-corrected chi connectivity index (χ3v) is 4.57. The average molecular weight is 314 g/mol. The molecule has 4 heteroatoms. The third-order valence-electron chi connectivity index (χ3n) is 3.10. The van der Waals surface area contributed by atoms with Gasteiger partial charge in [-0.2, -0.15) is 11.3 Å². The summed E-state index contributed by atoms with van der Waals surface area (Å²) in [6.45, 7) is 3.06. The maximum Gasteiger partial charge on any atom is 0.0595 e. The van der Waals surface area contributed by atoms with Crippen LogP contribution in [0.5, 0.6) is 0 Å². The number of benzene rings is 1. The van der Waals surface area contributed by atoms with Crippen molar-refractivity contribution in [1.29, 1.82) is 0 Å². The summed E-state index contributed by atoms with van der Waals surface area (Å²) in [6.07, 6.45) is 2.13. The van der Waals surface area contributed by atoms with E-state index in [9.17, 15) is 0 Å². The Morgan fingerprint density at radius 1 is 1.21 bits per heavy atom. The minimum atomic E-state index is 0.319. The first-order valence-corrected chi connectivity index (χ1v) is 8.10. The topological polar surface area (TPSA) is 12.0 Å². The highest BCUT2D eigenvalue weighted by Gasteiger charge is 2.12. The van der Waals surface area contributed by atoms with E-state index in [1.54, 1.807) is 11.3 Å². The number of aryl methyl sites for hydroxylation is 1. The van der Waals surface area contributed by atoms with Gasteiger partial charge in [0.15, 0.2) is 0 Å². The number of halogens is 2. The molecule has 0 amide bonds. The summed E-state index contributed by atoms with van der Waals surface area (Å²) in [5.74, 6) is 0. The first-order chi connectivity index (χ1) is 9.20. The van der Waals surface area contributed by atoms with E-state index >= 15 is 0 Å². The monoisotopic (exact) mass is 313 g/mol. The normalized spacial score (nSPS) is 12.6. The van der Waals surface area contributed by atoms with Crippen molar-refractivity contribution >= 4 is 34.5 Å². The van der Waals surface area contributed by atoms with Crippen LogP contribution in [0.25, 0.3) is 0 Å². The second kappa shape index (κ2) is 7.30. The average Bonchev–Trinajstić information content (AvgIpc) is 2.91. The van der Waals surface area contributed by atoms with E-state index in [1.165, 1.54) is 11.1 Å². The fraction of sp³-hybridized carbons (Fsp3) is 0.333. The zero-order valence-corrected chi connectivity index (χ0v) is 13.2. The van der Waals surface area contributed by atoms with Crippen molar-refractivity contribution in [2.24, 2.45) is 0 Å². The minimum Gasteiger partial charge on any atom is -0.310 e. The molecule has 2 rings (SSSR count). The molecule has 1 N–H and O–H groups in total. The van der Waals surface area contributed by atoms with E-state index < -0.39 is 0 Å². The molecular weight excluding hydrogens is 297 g/mol. The van der Waals surface area contributed by atoms with Crippen LogP contribution in [0.15, 0.2) is 35.0 Å². The van der Waals surface area contributed by atoms with Gasteiger partial charge in [-0.1, -0.05) is 36.2 Å². The predicted molar refractivity (Wildman–Crippen MR) is 85.5 cm³/mol. The molecule has 1 heterocycles. The van der Waals surface area contributed by atoms with Gasteiger partial charge in [0, 0.05) is 6.04 Å². The van der Waals surface area contributed by atoms with E-state index in [-0.39, 0.29) is 0 Å². The summed E-state index contributed by atoms with van der Waals surface area (Å²) >= 11 is 13.8. The molecule has 0 saturated heterocycles. The molecule has 0 aliphatic heterocycles. The fourth-order valence-corrected chi connectivity index (χ4v) is 3.12. The Hall–Kier alpha value is -0.540. The van der Waals surface area contributed by atoms with Crippen molar-refractivity contribution in [2.75, 3.05) is 6.54 Å².